The van der Waals surface area contributed by atoms with Crippen molar-refractivity contribution in [3.8, 4) is 11.5 Å². The molecule has 0 spiro atoms. The van der Waals surface area contributed by atoms with Crippen molar-refractivity contribution in [1.82, 2.24) is 19.9 Å². The molecule has 27 heavy (non-hydrogen) atoms. The average molecular weight is 359 g/mol. The quantitative estimate of drug-likeness (QED) is 0.515. The Hall–Kier alpha value is -3.25. The highest BCUT2D eigenvalue weighted by atomic mass is 16.1. The van der Waals surface area contributed by atoms with Gasteiger partial charge in [0, 0.05) is 29.4 Å². The van der Waals surface area contributed by atoms with E-state index < -0.39 is 0 Å². The number of nitrogens with one attached hydrogen (secondary N) is 2. The Kier molecular flexibility index (Phi) is 4.56. The monoisotopic (exact) mass is 359 g/mol. The molecular formula is C21H21N5O. The molecule has 0 saturated carbocycles. The zero-order valence-electron chi connectivity index (χ0n) is 15.4. The number of para-hydroxylation sites is 2. The lowest BCUT2D eigenvalue weighted by Crippen LogP contribution is -2.21. The van der Waals surface area contributed by atoms with E-state index in [1.807, 2.05) is 62.6 Å². The van der Waals surface area contributed by atoms with Crippen molar-refractivity contribution >= 4 is 33.9 Å². The Labute approximate surface area is 157 Å². The first kappa shape index (κ1) is 17.2. The number of likely N-dealkylation sites (N-methyl/N-ethyl adjacent to an activating group) is 1. The van der Waals surface area contributed by atoms with Crippen LogP contribution in [0.1, 0.15) is 10.4 Å². The zero-order valence-corrected chi connectivity index (χ0v) is 15.4. The number of carbonyl (C=O) groups excluding carboxylic acids is 1. The normalized spacial score (nSPS) is 11.4. The number of aromatic nitrogens is 3. The molecule has 0 aliphatic heterocycles. The number of aromatic amines is 1. The lowest BCUT2D eigenvalue weighted by atomic mass is 10.1. The molecule has 0 radical (unpaired) electrons. The first-order valence-electron chi connectivity index (χ1n) is 8.89. The summed E-state index contributed by atoms with van der Waals surface area (Å²) in [7, 11) is 4.07. The molecule has 6 heteroatoms. The molecule has 0 aliphatic rings. The Morgan fingerprint density at radius 1 is 1.04 bits per heavy atom. The topological polar surface area (TPSA) is 73.9 Å². The summed E-state index contributed by atoms with van der Waals surface area (Å²) in [6, 6.07) is 15.6. The van der Waals surface area contributed by atoms with Crippen molar-refractivity contribution in [3.05, 3.63) is 54.1 Å². The fourth-order valence-electron chi connectivity index (χ4n) is 3.18. The Morgan fingerprint density at radius 3 is 2.56 bits per heavy atom. The summed E-state index contributed by atoms with van der Waals surface area (Å²) in [5.41, 5.74) is 2.96. The van der Waals surface area contributed by atoms with Gasteiger partial charge in [0.15, 0.2) is 12.1 Å². The number of benzene rings is 2. The predicted molar refractivity (Wildman–Crippen MR) is 109 cm³/mol. The van der Waals surface area contributed by atoms with E-state index in [1.54, 1.807) is 0 Å². The van der Waals surface area contributed by atoms with Crippen molar-refractivity contribution < 1.29 is 4.79 Å². The SMILES string of the molecule is CN(C)CCNc1nc(-c2[nH]c3ccccc3c2C=O)nc2ccccc12. The number of anilines is 1. The van der Waals surface area contributed by atoms with Crippen LogP contribution in [0.3, 0.4) is 0 Å². The van der Waals surface area contributed by atoms with Gasteiger partial charge in [-0.3, -0.25) is 4.79 Å². The third-order valence-corrected chi connectivity index (χ3v) is 4.54. The molecule has 4 rings (SSSR count). The highest BCUT2D eigenvalue weighted by Crippen LogP contribution is 2.30. The Balaban J connectivity index is 1.86. The summed E-state index contributed by atoms with van der Waals surface area (Å²) in [5.74, 6) is 1.28. The van der Waals surface area contributed by atoms with E-state index in [0.29, 0.717) is 17.1 Å². The van der Waals surface area contributed by atoms with Gasteiger partial charge in [0.1, 0.15) is 5.82 Å². The van der Waals surface area contributed by atoms with Gasteiger partial charge in [-0.15, -0.1) is 0 Å². The van der Waals surface area contributed by atoms with E-state index in [2.05, 4.69) is 15.2 Å². The maximum absolute atomic E-state index is 11.8. The van der Waals surface area contributed by atoms with E-state index in [9.17, 15) is 4.79 Å². The highest BCUT2D eigenvalue weighted by molar-refractivity contribution is 6.04. The van der Waals surface area contributed by atoms with Crippen LogP contribution < -0.4 is 5.32 Å². The van der Waals surface area contributed by atoms with E-state index in [4.69, 9.17) is 9.97 Å². The molecule has 4 aromatic rings. The summed E-state index contributed by atoms with van der Waals surface area (Å²) >= 11 is 0. The summed E-state index contributed by atoms with van der Waals surface area (Å²) in [6.07, 6.45) is 0.867. The fraction of sp³-hybridized carbons (Fsp3) is 0.190. The molecule has 0 bridgehead atoms. The van der Waals surface area contributed by atoms with Gasteiger partial charge in [-0.2, -0.15) is 0 Å². The second-order valence-electron chi connectivity index (χ2n) is 6.72. The molecular weight excluding hydrogens is 338 g/mol. The first-order valence-corrected chi connectivity index (χ1v) is 8.89. The maximum atomic E-state index is 11.8. The first-order chi connectivity index (χ1) is 13.2. The number of hydrogen-bond donors (Lipinski definition) is 2. The van der Waals surface area contributed by atoms with Crippen molar-refractivity contribution in [3.63, 3.8) is 0 Å². The number of aldehydes is 1. The molecule has 2 aromatic carbocycles. The molecule has 0 fully saturated rings. The van der Waals surface area contributed by atoms with Gasteiger partial charge in [0.05, 0.1) is 16.8 Å². The van der Waals surface area contributed by atoms with Crippen LogP contribution in [0.2, 0.25) is 0 Å². The molecule has 0 saturated heterocycles. The van der Waals surface area contributed by atoms with Crippen molar-refractivity contribution in [1.29, 1.82) is 0 Å². The van der Waals surface area contributed by atoms with Gasteiger partial charge < -0.3 is 15.2 Å². The van der Waals surface area contributed by atoms with Crippen LogP contribution in [0, 0.1) is 0 Å². The largest absolute Gasteiger partial charge is 0.368 e. The van der Waals surface area contributed by atoms with Crippen LogP contribution in [-0.2, 0) is 0 Å². The molecule has 2 N–H and O–H groups in total. The number of rotatable bonds is 6. The van der Waals surface area contributed by atoms with Crippen LogP contribution in [-0.4, -0.2) is 53.3 Å². The van der Waals surface area contributed by atoms with Gasteiger partial charge in [0.25, 0.3) is 0 Å². The van der Waals surface area contributed by atoms with E-state index >= 15 is 0 Å². The molecule has 2 heterocycles. The maximum Gasteiger partial charge on any atom is 0.179 e. The second-order valence-corrected chi connectivity index (χ2v) is 6.72. The predicted octanol–water partition coefficient (Wildman–Crippen LogP) is 3.56. The fourth-order valence-corrected chi connectivity index (χ4v) is 3.18. The van der Waals surface area contributed by atoms with Gasteiger partial charge in [-0.1, -0.05) is 30.3 Å². The molecule has 0 unspecified atom stereocenters. The smallest absolute Gasteiger partial charge is 0.179 e. The number of hydrogen-bond acceptors (Lipinski definition) is 5. The van der Waals surface area contributed by atoms with Crippen LogP contribution in [0.25, 0.3) is 33.3 Å². The molecule has 6 nitrogen and oxygen atoms in total. The van der Waals surface area contributed by atoms with Crippen molar-refractivity contribution in [2.24, 2.45) is 0 Å². The van der Waals surface area contributed by atoms with Crippen LogP contribution >= 0.6 is 0 Å². The van der Waals surface area contributed by atoms with E-state index in [-0.39, 0.29) is 0 Å². The van der Waals surface area contributed by atoms with Gasteiger partial charge in [-0.25, -0.2) is 9.97 Å². The Morgan fingerprint density at radius 2 is 1.78 bits per heavy atom. The van der Waals surface area contributed by atoms with E-state index in [1.165, 1.54) is 0 Å². The van der Waals surface area contributed by atoms with Crippen LogP contribution in [0.4, 0.5) is 5.82 Å². The number of nitrogens with zero attached hydrogens (tertiary/aromatic N) is 3. The van der Waals surface area contributed by atoms with Gasteiger partial charge in [0.2, 0.25) is 0 Å². The third kappa shape index (κ3) is 3.27. The van der Waals surface area contributed by atoms with Crippen LogP contribution in [0.15, 0.2) is 48.5 Å². The average Bonchev–Trinajstić information content (AvgIpc) is 3.06. The van der Waals surface area contributed by atoms with Gasteiger partial charge in [-0.05, 0) is 32.3 Å². The summed E-state index contributed by atoms with van der Waals surface area (Å²) < 4.78 is 0. The molecule has 0 amide bonds. The number of H-pyrrole nitrogens is 1. The van der Waals surface area contributed by atoms with Gasteiger partial charge >= 0.3 is 0 Å². The highest BCUT2D eigenvalue weighted by Gasteiger charge is 2.17. The minimum atomic E-state index is 0.513. The minimum absolute atomic E-state index is 0.513. The molecule has 136 valence electrons. The summed E-state index contributed by atoms with van der Waals surface area (Å²) in [5, 5.41) is 5.24. The summed E-state index contributed by atoms with van der Waals surface area (Å²) in [6.45, 7) is 1.65. The Bertz CT molecular complexity index is 1120. The van der Waals surface area contributed by atoms with Crippen LogP contribution in [0.5, 0.6) is 0 Å². The van der Waals surface area contributed by atoms with Crippen molar-refractivity contribution in [2.75, 3.05) is 32.5 Å². The minimum Gasteiger partial charge on any atom is -0.368 e. The lowest BCUT2D eigenvalue weighted by Gasteiger charge is -2.13. The number of carbonyl (C=O) groups is 1. The molecule has 0 aliphatic carbocycles. The standard InChI is InChI=1S/C21H21N5O/c1-26(2)12-11-22-20-15-8-4-6-10-18(15)24-21(25-20)19-16(13-27)14-7-3-5-9-17(14)23-19/h3-10,13,23H,11-12H2,1-2H3,(H,22,24,25). The molecule has 2 aromatic heterocycles. The summed E-state index contributed by atoms with van der Waals surface area (Å²) in [4.78, 5) is 26.6. The van der Waals surface area contributed by atoms with E-state index in [0.717, 1.165) is 47.0 Å². The number of fused-ring (bicyclic) bond motifs is 2. The zero-order chi connectivity index (χ0) is 18.8. The lowest BCUT2D eigenvalue weighted by molar-refractivity contribution is 0.112. The third-order valence-electron chi connectivity index (χ3n) is 4.54. The van der Waals surface area contributed by atoms with Crippen molar-refractivity contribution in [2.45, 2.75) is 0 Å². The molecule has 0 atom stereocenters. The second kappa shape index (κ2) is 7.17.